The lowest BCUT2D eigenvalue weighted by Gasteiger charge is -2.02. The van der Waals surface area contributed by atoms with E-state index < -0.39 is 8.03 Å². The van der Waals surface area contributed by atoms with Crippen LogP contribution in [0.4, 0.5) is 0 Å². The molecular weight excluding hydrogens is 171 g/mol. The van der Waals surface area contributed by atoms with Gasteiger partial charge in [-0.05, 0) is 12.1 Å². The van der Waals surface area contributed by atoms with Gasteiger partial charge in [0.1, 0.15) is 5.75 Å². The van der Waals surface area contributed by atoms with E-state index in [9.17, 15) is 4.57 Å². The van der Waals surface area contributed by atoms with Crippen molar-refractivity contribution in [2.45, 2.75) is 0 Å². The molecule has 0 N–H and O–H groups in total. The van der Waals surface area contributed by atoms with Gasteiger partial charge in [0.2, 0.25) is 8.03 Å². The number of para-hydroxylation sites is 1. The maximum Gasteiger partial charge on any atom is 0.240 e. The fraction of sp³-hybridized carbons (Fsp3) is 0.111. The summed E-state index contributed by atoms with van der Waals surface area (Å²) < 4.78 is 16.2. The van der Waals surface area contributed by atoms with Gasteiger partial charge in [0.15, 0.2) is 0 Å². The van der Waals surface area contributed by atoms with Crippen molar-refractivity contribution in [2.24, 2.45) is 0 Å². The molecule has 0 saturated carbocycles. The summed E-state index contributed by atoms with van der Waals surface area (Å²) in [5.41, 5.74) is 0. The van der Waals surface area contributed by atoms with Gasteiger partial charge >= 0.3 is 0 Å². The zero-order chi connectivity index (χ0) is 8.81. The van der Waals surface area contributed by atoms with Gasteiger partial charge in [0.25, 0.3) is 0 Å². The Bertz CT molecular complexity index is 269. The molecule has 0 bridgehead atoms. The highest BCUT2D eigenvalue weighted by Gasteiger charge is 1.96. The Hall–Kier alpha value is -1.01. The third kappa shape index (κ3) is 2.93. The summed E-state index contributed by atoms with van der Waals surface area (Å²) in [6.07, 6.45) is 2.03. The van der Waals surface area contributed by atoms with E-state index in [0.29, 0.717) is 11.9 Å². The van der Waals surface area contributed by atoms with Crippen LogP contribution < -0.4 is 4.52 Å². The van der Waals surface area contributed by atoms with E-state index in [2.05, 4.69) is 6.58 Å². The summed E-state index contributed by atoms with van der Waals surface area (Å²) in [5, 5.41) is 0. The van der Waals surface area contributed by atoms with E-state index in [1.807, 2.05) is 18.2 Å². The van der Waals surface area contributed by atoms with Gasteiger partial charge in [-0.15, -0.1) is 6.58 Å². The topological polar surface area (TPSA) is 26.3 Å². The van der Waals surface area contributed by atoms with E-state index in [1.165, 1.54) is 0 Å². The van der Waals surface area contributed by atoms with E-state index in [0.717, 1.165) is 0 Å². The van der Waals surface area contributed by atoms with Gasteiger partial charge < -0.3 is 4.52 Å². The fourth-order valence-corrected chi connectivity index (χ4v) is 1.50. The van der Waals surface area contributed by atoms with Gasteiger partial charge in [-0.25, -0.2) is 0 Å². The van der Waals surface area contributed by atoms with Crippen molar-refractivity contribution in [3.05, 3.63) is 43.0 Å². The molecule has 0 fully saturated rings. The third-order valence-electron chi connectivity index (χ3n) is 1.29. The molecule has 0 amide bonds. The molecule has 2 nitrogen and oxygen atoms in total. The molecule has 0 aliphatic rings. The van der Waals surface area contributed by atoms with Gasteiger partial charge in [0, 0.05) is 0 Å². The lowest BCUT2D eigenvalue weighted by Crippen LogP contribution is -1.82. The van der Waals surface area contributed by atoms with Gasteiger partial charge in [-0.2, -0.15) is 0 Å². The number of allylic oxidation sites excluding steroid dienone is 1. The second-order valence-electron chi connectivity index (χ2n) is 2.28. The smallest absolute Gasteiger partial charge is 0.240 e. The minimum absolute atomic E-state index is 0.430. The Morgan fingerprint density at radius 1 is 1.42 bits per heavy atom. The van der Waals surface area contributed by atoms with Crippen LogP contribution in [0.15, 0.2) is 43.0 Å². The SMILES string of the molecule is C=CC[PH](=O)Oc1ccccc1. The second-order valence-corrected chi connectivity index (χ2v) is 3.64. The Balaban J connectivity index is 2.52. The van der Waals surface area contributed by atoms with Crippen molar-refractivity contribution in [3.8, 4) is 5.75 Å². The number of hydrogen-bond donors (Lipinski definition) is 0. The molecule has 3 heteroatoms. The molecule has 0 aliphatic carbocycles. The molecule has 1 atom stereocenters. The largest absolute Gasteiger partial charge is 0.445 e. The second kappa shape index (κ2) is 4.78. The highest BCUT2D eigenvalue weighted by molar-refractivity contribution is 7.39. The van der Waals surface area contributed by atoms with Crippen LogP contribution in [0.1, 0.15) is 0 Å². The zero-order valence-corrected chi connectivity index (χ0v) is 7.69. The Labute approximate surface area is 72.7 Å². The van der Waals surface area contributed by atoms with Crippen molar-refractivity contribution >= 4 is 8.03 Å². The van der Waals surface area contributed by atoms with Crippen molar-refractivity contribution < 1.29 is 9.09 Å². The normalized spacial score (nSPS) is 12.0. The Kier molecular flexibility index (Phi) is 3.62. The van der Waals surface area contributed by atoms with E-state index in [1.54, 1.807) is 18.2 Å². The Morgan fingerprint density at radius 3 is 2.67 bits per heavy atom. The molecule has 0 aromatic heterocycles. The lowest BCUT2D eigenvalue weighted by molar-refractivity contribution is 0.508. The summed E-state index contributed by atoms with van der Waals surface area (Å²) >= 11 is 0. The van der Waals surface area contributed by atoms with Crippen molar-refractivity contribution in [1.29, 1.82) is 0 Å². The van der Waals surface area contributed by atoms with E-state index in [4.69, 9.17) is 4.52 Å². The molecule has 0 aliphatic heterocycles. The average molecular weight is 182 g/mol. The molecule has 1 rings (SSSR count). The summed E-state index contributed by atoms with van der Waals surface area (Å²) in [7, 11) is -1.96. The Morgan fingerprint density at radius 2 is 2.08 bits per heavy atom. The molecule has 0 radical (unpaired) electrons. The highest BCUT2D eigenvalue weighted by atomic mass is 31.1. The summed E-state index contributed by atoms with van der Waals surface area (Å²) in [5.74, 6) is 0.656. The van der Waals surface area contributed by atoms with Gasteiger partial charge in [-0.1, -0.05) is 24.3 Å². The number of rotatable bonds is 4. The minimum Gasteiger partial charge on any atom is -0.445 e. The maximum atomic E-state index is 11.1. The molecule has 1 aromatic rings. The molecule has 12 heavy (non-hydrogen) atoms. The van der Waals surface area contributed by atoms with Crippen LogP contribution in [0.5, 0.6) is 5.75 Å². The fourth-order valence-electron chi connectivity index (χ4n) is 0.780. The average Bonchev–Trinajstić information content (AvgIpc) is 2.06. The van der Waals surface area contributed by atoms with Crippen molar-refractivity contribution in [2.75, 3.05) is 6.16 Å². The van der Waals surface area contributed by atoms with Crippen LogP contribution in [0.2, 0.25) is 0 Å². The molecule has 64 valence electrons. The number of hydrogen-bond acceptors (Lipinski definition) is 2. The van der Waals surface area contributed by atoms with Crippen LogP contribution in [0.25, 0.3) is 0 Å². The number of benzene rings is 1. The van der Waals surface area contributed by atoms with E-state index >= 15 is 0 Å². The van der Waals surface area contributed by atoms with Crippen LogP contribution in [0.3, 0.4) is 0 Å². The maximum absolute atomic E-state index is 11.1. The third-order valence-corrected chi connectivity index (χ3v) is 2.37. The predicted molar refractivity (Wildman–Crippen MR) is 51.1 cm³/mol. The van der Waals surface area contributed by atoms with Crippen molar-refractivity contribution in [1.82, 2.24) is 0 Å². The highest BCUT2D eigenvalue weighted by Crippen LogP contribution is 2.25. The van der Waals surface area contributed by atoms with Crippen molar-refractivity contribution in [3.63, 3.8) is 0 Å². The zero-order valence-electron chi connectivity index (χ0n) is 6.69. The first kappa shape index (κ1) is 9.08. The van der Waals surface area contributed by atoms with Crippen LogP contribution in [-0.4, -0.2) is 6.16 Å². The first-order valence-corrected chi connectivity index (χ1v) is 5.22. The quantitative estimate of drug-likeness (QED) is 0.528. The lowest BCUT2D eigenvalue weighted by atomic mass is 10.3. The summed E-state index contributed by atoms with van der Waals surface area (Å²) in [4.78, 5) is 0. The molecule has 1 aromatic carbocycles. The molecular formula is C9H11O2P. The summed E-state index contributed by atoms with van der Waals surface area (Å²) in [6, 6.07) is 9.14. The van der Waals surface area contributed by atoms with Gasteiger partial charge in [-0.3, -0.25) is 4.57 Å². The molecule has 0 heterocycles. The standard InChI is InChI=1S/C9H11O2P/c1-2-8-12(10)11-9-6-4-3-5-7-9/h2-7,12H,1,8H2. The first-order valence-electron chi connectivity index (χ1n) is 3.69. The van der Waals surface area contributed by atoms with Crippen LogP contribution in [0, 0.1) is 0 Å². The monoisotopic (exact) mass is 182 g/mol. The molecule has 0 spiro atoms. The summed E-state index contributed by atoms with van der Waals surface area (Å²) in [6.45, 7) is 3.49. The van der Waals surface area contributed by atoms with Crippen LogP contribution in [-0.2, 0) is 4.57 Å². The predicted octanol–water partition coefficient (Wildman–Crippen LogP) is 2.73. The van der Waals surface area contributed by atoms with E-state index in [-0.39, 0.29) is 0 Å². The first-order chi connectivity index (χ1) is 5.83. The minimum atomic E-state index is -1.96. The van der Waals surface area contributed by atoms with Crippen LogP contribution >= 0.6 is 8.03 Å². The molecule has 0 saturated heterocycles. The van der Waals surface area contributed by atoms with Gasteiger partial charge in [0.05, 0.1) is 6.16 Å². The molecule has 1 unspecified atom stereocenters.